The van der Waals surface area contributed by atoms with E-state index in [0.29, 0.717) is 18.0 Å². The molecule has 0 aliphatic carbocycles. The highest BCUT2D eigenvalue weighted by atomic mass is 35.5. The van der Waals surface area contributed by atoms with Crippen LogP contribution < -0.4 is 5.73 Å². The number of rotatable bonds is 3. The maximum Gasteiger partial charge on any atom is 0.0320 e. The molecule has 1 aromatic rings. The average Bonchev–Trinajstić information content (AvgIpc) is 2.77. The molecule has 1 fully saturated rings. The second-order valence-electron chi connectivity index (χ2n) is 5.49. The molecule has 0 aromatic heterocycles. The van der Waals surface area contributed by atoms with Gasteiger partial charge in [0, 0.05) is 18.6 Å². The van der Waals surface area contributed by atoms with E-state index >= 15 is 0 Å². The summed E-state index contributed by atoms with van der Waals surface area (Å²) in [5.41, 5.74) is 8.77. The van der Waals surface area contributed by atoms with E-state index in [1.165, 1.54) is 24.1 Å². The first kappa shape index (κ1) is 15.5. The zero-order chi connectivity index (χ0) is 12.4. The van der Waals surface area contributed by atoms with Gasteiger partial charge in [-0.2, -0.15) is 0 Å². The van der Waals surface area contributed by atoms with Crippen molar-refractivity contribution in [1.29, 1.82) is 0 Å². The van der Waals surface area contributed by atoms with E-state index in [4.69, 9.17) is 5.73 Å². The van der Waals surface area contributed by atoms with Gasteiger partial charge in [-0.15, -0.1) is 12.4 Å². The van der Waals surface area contributed by atoms with Crippen LogP contribution in [0.4, 0.5) is 0 Å². The van der Waals surface area contributed by atoms with Crippen molar-refractivity contribution in [2.24, 2.45) is 11.7 Å². The molecule has 0 spiro atoms. The van der Waals surface area contributed by atoms with Gasteiger partial charge in [0.1, 0.15) is 0 Å². The maximum atomic E-state index is 6.00. The van der Waals surface area contributed by atoms with E-state index < -0.39 is 0 Å². The molecular weight excluding hydrogens is 244 g/mol. The largest absolute Gasteiger partial charge is 0.328 e. The van der Waals surface area contributed by atoms with Crippen LogP contribution in [-0.2, 0) is 0 Å². The van der Waals surface area contributed by atoms with Crippen molar-refractivity contribution >= 4 is 12.4 Å². The highest BCUT2D eigenvalue weighted by Crippen LogP contribution is 2.28. The van der Waals surface area contributed by atoms with Gasteiger partial charge in [0.15, 0.2) is 0 Å². The van der Waals surface area contributed by atoms with Gasteiger partial charge in [-0.25, -0.2) is 0 Å². The Balaban J connectivity index is 0.00000162. The zero-order valence-corrected chi connectivity index (χ0v) is 12.4. The summed E-state index contributed by atoms with van der Waals surface area (Å²) in [5.74, 6) is 0.669. The molecule has 3 heteroatoms. The van der Waals surface area contributed by atoms with Crippen LogP contribution in [0.5, 0.6) is 0 Å². The number of nitrogens with two attached hydrogens (primary N) is 1. The van der Waals surface area contributed by atoms with E-state index in [1.54, 1.807) is 0 Å². The van der Waals surface area contributed by atoms with Crippen LogP contribution in [0.2, 0.25) is 0 Å². The Morgan fingerprint density at radius 1 is 1.33 bits per heavy atom. The highest BCUT2D eigenvalue weighted by Gasteiger charge is 2.28. The molecule has 0 bridgehead atoms. The van der Waals surface area contributed by atoms with Crippen molar-refractivity contribution in [3.05, 3.63) is 35.4 Å². The topological polar surface area (TPSA) is 29.3 Å². The molecule has 2 rings (SSSR count). The molecule has 2 N–H and O–H groups in total. The van der Waals surface area contributed by atoms with Gasteiger partial charge in [0.25, 0.3) is 0 Å². The van der Waals surface area contributed by atoms with Gasteiger partial charge >= 0.3 is 0 Å². The van der Waals surface area contributed by atoms with Crippen molar-refractivity contribution in [1.82, 2.24) is 4.90 Å². The Bertz CT molecular complexity index is 379. The summed E-state index contributed by atoms with van der Waals surface area (Å²) in [5, 5.41) is 0. The van der Waals surface area contributed by atoms with Crippen molar-refractivity contribution in [2.45, 2.75) is 39.3 Å². The fourth-order valence-electron chi connectivity index (χ4n) is 2.74. The Morgan fingerprint density at radius 2 is 2.06 bits per heavy atom. The quantitative estimate of drug-likeness (QED) is 0.913. The van der Waals surface area contributed by atoms with Gasteiger partial charge in [0.05, 0.1) is 0 Å². The minimum Gasteiger partial charge on any atom is -0.328 e. The average molecular weight is 269 g/mol. The lowest BCUT2D eigenvalue weighted by Crippen LogP contribution is -2.31. The van der Waals surface area contributed by atoms with Crippen LogP contribution in [-0.4, -0.2) is 24.0 Å². The minimum atomic E-state index is 0. The number of aryl methyl sites for hydroxylation is 1. The molecule has 102 valence electrons. The SMILES string of the molecule is Cc1cccc(C(C)N2CCC(C(C)N)C2)c1.Cl. The first-order valence-corrected chi connectivity index (χ1v) is 6.64. The van der Waals surface area contributed by atoms with Crippen molar-refractivity contribution < 1.29 is 0 Å². The smallest absolute Gasteiger partial charge is 0.0320 e. The van der Waals surface area contributed by atoms with Gasteiger partial charge in [-0.1, -0.05) is 29.8 Å². The fraction of sp³-hybridized carbons (Fsp3) is 0.600. The predicted molar refractivity (Wildman–Crippen MR) is 80.2 cm³/mol. The van der Waals surface area contributed by atoms with Gasteiger partial charge < -0.3 is 5.73 Å². The number of likely N-dealkylation sites (tertiary alicyclic amines) is 1. The second kappa shape index (κ2) is 6.55. The predicted octanol–water partition coefficient (Wildman–Crippen LogP) is 3.15. The van der Waals surface area contributed by atoms with Gasteiger partial charge in [-0.05, 0) is 45.2 Å². The molecular formula is C15H25ClN2. The molecule has 18 heavy (non-hydrogen) atoms. The van der Waals surface area contributed by atoms with E-state index in [9.17, 15) is 0 Å². The monoisotopic (exact) mass is 268 g/mol. The van der Waals surface area contributed by atoms with Crippen LogP contribution >= 0.6 is 12.4 Å². The molecule has 2 nitrogen and oxygen atoms in total. The van der Waals surface area contributed by atoms with E-state index in [1.807, 2.05) is 0 Å². The summed E-state index contributed by atoms with van der Waals surface area (Å²) in [6.07, 6.45) is 1.24. The number of nitrogens with zero attached hydrogens (tertiary/aromatic N) is 1. The van der Waals surface area contributed by atoms with Crippen LogP contribution in [0.15, 0.2) is 24.3 Å². The summed E-state index contributed by atoms with van der Waals surface area (Å²) >= 11 is 0. The molecule has 1 saturated heterocycles. The first-order chi connectivity index (χ1) is 8.08. The molecule has 1 aliphatic heterocycles. The minimum absolute atomic E-state index is 0. The standard InChI is InChI=1S/C15H24N2.ClH/c1-11-5-4-6-14(9-11)13(3)17-8-7-15(10-17)12(2)16;/h4-6,9,12-13,15H,7-8,10,16H2,1-3H3;1H. The van der Waals surface area contributed by atoms with Crippen LogP contribution in [0.25, 0.3) is 0 Å². The Morgan fingerprint density at radius 3 is 2.61 bits per heavy atom. The summed E-state index contributed by atoms with van der Waals surface area (Å²) in [6, 6.07) is 9.68. The molecule has 1 aliphatic rings. The molecule has 0 amide bonds. The van der Waals surface area contributed by atoms with Crippen LogP contribution in [0, 0.1) is 12.8 Å². The number of halogens is 1. The van der Waals surface area contributed by atoms with E-state index in [0.717, 1.165) is 6.54 Å². The fourth-order valence-corrected chi connectivity index (χ4v) is 2.74. The molecule has 3 atom stereocenters. The lowest BCUT2D eigenvalue weighted by molar-refractivity contribution is 0.248. The number of benzene rings is 1. The third-order valence-electron chi connectivity index (χ3n) is 4.07. The van der Waals surface area contributed by atoms with E-state index in [2.05, 4.69) is 49.9 Å². The van der Waals surface area contributed by atoms with Crippen molar-refractivity contribution in [3.63, 3.8) is 0 Å². The summed E-state index contributed by atoms with van der Waals surface area (Å²) < 4.78 is 0. The Labute approximate surface area is 117 Å². The molecule has 3 unspecified atom stereocenters. The lowest BCUT2D eigenvalue weighted by Gasteiger charge is -2.25. The summed E-state index contributed by atoms with van der Waals surface area (Å²) in [7, 11) is 0. The van der Waals surface area contributed by atoms with Crippen LogP contribution in [0.3, 0.4) is 0 Å². The number of hydrogen-bond acceptors (Lipinski definition) is 2. The molecule has 0 radical (unpaired) electrons. The molecule has 1 aromatic carbocycles. The normalized spacial score (nSPS) is 23.4. The second-order valence-corrected chi connectivity index (χ2v) is 5.49. The van der Waals surface area contributed by atoms with E-state index in [-0.39, 0.29) is 12.4 Å². The third-order valence-corrected chi connectivity index (χ3v) is 4.07. The van der Waals surface area contributed by atoms with Gasteiger partial charge in [0.2, 0.25) is 0 Å². The van der Waals surface area contributed by atoms with Crippen molar-refractivity contribution in [3.8, 4) is 0 Å². The first-order valence-electron chi connectivity index (χ1n) is 6.64. The van der Waals surface area contributed by atoms with Gasteiger partial charge in [-0.3, -0.25) is 4.90 Å². The van der Waals surface area contributed by atoms with Crippen molar-refractivity contribution in [2.75, 3.05) is 13.1 Å². The Hall–Kier alpha value is -0.570. The number of hydrogen-bond donors (Lipinski definition) is 1. The summed E-state index contributed by atoms with van der Waals surface area (Å²) in [6.45, 7) is 8.92. The van der Waals surface area contributed by atoms with Crippen LogP contribution in [0.1, 0.15) is 37.4 Å². The summed E-state index contributed by atoms with van der Waals surface area (Å²) in [4.78, 5) is 2.56. The zero-order valence-electron chi connectivity index (χ0n) is 11.6. The molecule has 0 saturated carbocycles. The lowest BCUT2D eigenvalue weighted by atomic mass is 10.0. The Kier molecular flexibility index (Phi) is 5.64. The third kappa shape index (κ3) is 3.47. The maximum absolute atomic E-state index is 6.00. The molecule has 1 heterocycles. The highest BCUT2D eigenvalue weighted by molar-refractivity contribution is 5.85.